The van der Waals surface area contributed by atoms with Crippen LogP contribution in [-0.4, -0.2) is 0 Å². The van der Waals surface area contributed by atoms with E-state index in [4.69, 9.17) is 4.42 Å². The van der Waals surface area contributed by atoms with Crippen molar-refractivity contribution in [3.8, 4) is 0 Å². The molecular formula is C17H24O. The van der Waals surface area contributed by atoms with Crippen LogP contribution >= 0.6 is 0 Å². The van der Waals surface area contributed by atoms with E-state index in [-0.39, 0.29) is 10.8 Å². The zero-order chi connectivity index (χ0) is 13.6. The zero-order valence-electron chi connectivity index (χ0n) is 12.4. The van der Waals surface area contributed by atoms with Gasteiger partial charge in [0, 0.05) is 10.8 Å². The molecule has 1 aromatic heterocycles. The molecule has 0 saturated heterocycles. The molecule has 1 nitrogen and oxygen atoms in total. The lowest BCUT2D eigenvalue weighted by molar-refractivity contribution is 0.429. The molecule has 0 aliphatic carbocycles. The van der Waals surface area contributed by atoms with Crippen LogP contribution in [-0.2, 0) is 10.8 Å². The van der Waals surface area contributed by atoms with Gasteiger partial charge in [0.25, 0.3) is 0 Å². The summed E-state index contributed by atoms with van der Waals surface area (Å²) >= 11 is 0. The number of hydrogen-bond acceptors (Lipinski definition) is 1. The van der Waals surface area contributed by atoms with Crippen molar-refractivity contribution in [1.29, 1.82) is 0 Å². The van der Waals surface area contributed by atoms with Gasteiger partial charge >= 0.3 is 0 Å². The highest BCUT2D eigenvalue weighted by Crippen LogP contribution is 2.33. The maximum atomic E-state index is 6.01. The molecule has 0 N–H and O–H groups in total. The minimum absolute atomic E-state index is 0.0689. The molecule has 0 aliphatic heterocycles. The SMILES string of the molecule is CCC(C)(C)c1ccc2cc(C(C)(C)C)oc2c1. The fourth-order valence-electron chi connectivity index (χ4n) is 2.03. The Bertz CT molecular complexity index is 552. The van der Waals surface area contributed by atoms with Crippen molar-refractivity contribution in [2.45, 2.75) is 58.8 Å². The number of rotatable bonds is 2. The minimum atomic E-state index is 0.0689. The van der Waals surface area contributed by atoms with E-state index >= 15 is 0 Å². The maximum Gasteiger partial charge on any atom is 0.134 e. The molecule has 0 aliphatic rings. The number of furan rings is 1. The predicted molar refractivity (Wildman–Crippen MR) is 78.2 cm³/mol. The fraction of sp³-hybridized carbons (Fsp3) is 0.529. The molecule has 0 saturated carbocycles. The summed E-state index contributed by atoms with van der Waals surface area (Å²) in [6.45, 7) is 13.3. The molecule has 1 heteroatoms. The molecule has 98 valence electrons. The minimum Gasteiger partial charge on any atom is -0.461 e. The third-order valence-corrected chi connectivity index (χ3v) is 3.92. The highest BCUT2D eigenvalue weighted by atomic mass is 16.3. The Morgan fingerprint density at radius 2 is 1.67 bits per heavy atom. The van der Waals surface area contributed by atoms with Crippen LogP contribution in [0.5, 0.6) is 0 Å². The Kier molecular flexibility index (Phi) is 3.04. The largest absolute Gasteiger partial charge is 0.461 e. The smallest absolute Gasteiger partial charge is 0.134 e. The molecule has 0 fully saturated rings. The van der Waals surface area contributed by atoms with Crippen molar-refractivity contribution in [3.63, 3.8) is 0 Å². The molecule has 0 atom stereocenters. The topological polar surface area (TPSA) is 13.1 Å². The van der Waals surface area contributed by atoms with E-state index in [1.807, 2.05) is 0 Å². The highest BCUT2D eigenvalue weighted by molar-refractivity contribution is 5.79. The Morgan fingerprint density at radius 1 is 1.00 bits per heavy atom. The first-order valence-electron chi connectivity index (χ1n) is 6.78. The van der Waals surface area contributed by atoms with E-state index in [9.17, 15) is 0 Å². The van der Waals surface area contributed by atoms with E-state index in [0.717, 1.165) is 17.8 Å². The second-order valence-corrected chi connectivity index (χ2v) is 6.85. The maximum absolute atomic E-state index is 6.01. The van der Waals surface area contributed by atoms with Gasteiger partial charge in [0.05, 0.1) is 0 Å². The molecular weight excluding hydrogens is 220 g/mol. The molecule has 1 heterocycles. The third kappa shape index (κ3) is 2.31. The van der Waals surface area contributed by atoms with Crippen LogP contribution in [0.4, 0.5) is 0 Å². The van der Waals surface area contributed by atoms with Crippen molar-refractivity contribution >= 4 is 11.0 Å². The molecule has 2 rings (SSSR count). The van der Waals surface area contributed by atoms with Crippen molar-refractivity contribution in [2.75, 3.05) is 0 Å². The van der Waals surface area contributed by atoms with Crippen molar-refractivity contribution in [2.24, 2.45) is 0 Å². The second-order valence-electron chi connectivity index (χ2n) is 6.85. The molecule has 0 radical (unpaired) electrons. The van der Waals surface area contributed by atoms with Crippen LogP contribution in [0.2, 0.25) is 0 Å². The first-order valence-corrected chi connectivity index (χ1v) is 6.78. The average Bonchev–Trinajstić information content (AvgIpc) is 2.71. The zero-order valence-corrected chi connectivity index (χ0v) is 12.4. The second kappa shape index (κ2) is 4.15. The lowest BCUT2D eigenvalue weighted by Gasteiger charge is -2.23. The van der Waals surface area contributed by atoms with Gasteiger partial charge in [-0.2, -0.15) is 0 Å². The van der Waals surface area contributed by atoms with Gasteiger partial charge in [-0.15, -0.1) is 0 Å². The summed E-state index contributed by atoms with van der Waals surface area (Å²) in [6, 6.07) is 8.78. The number of hydrogen-bond donors (Lipinski definition) is 0. The average molecular weight is 244 g/mol. The monoisotopic (exact) mass is 244 g/mol. The van der Waals surface area contributed by atoms with Crippen LogP contribution in [0.25, 0.3) is 11.0 Å². The Balaban J connectivity index is 2.53. The van der Waals surface area contributed by atoms with E-state index in [1.165, 1.54) is 10.9 Å². The summed E-state index contributed by atoms with van der Waals surface area (Å²) in [5, 5.41) is 1.20. The van der Waals surface area contributed by atoms with Crippen molar-refractivity contribution < 1.29 is 4.42 Å². The summed E-state index contributed by atoms with van der Waals surface area (Å²) in [6.07, 6.45) is 1.13. The van der Waals surface area contributed by atoms with Gasteiger partial charge in [-0.3, -0.25) is 0 Å². The summed E-state index contributed by atoms with van der Waals surface area (Å²) in [7, 11) is 0. The van der Waals surface area contributed by atoms with Crippen LogP contribution in [0.3, 0.4) is 0 Å². The van der Waals surface area contributed by atoms with Gasteiger partial charge in [0.15, 0.2) is 0 Å². The lowest BCUT2D eigenvalue weighted by Crippen LogP contribution is -2.14. The molecule has 0 unspecified atom stereocenters. The van der Waals surface area contributed by atoms with Gasteiger partial charge in [-0.25, -0.2) is 0 Å². The quantitative estimate of drug-likeness (QED) is 0.687. The summed E-state index contributed by atoms with van der Waals surface area (Å²) < 4.78 is 6.01. The van der Waals surface area contributed by atoms with E-state index in [2.05, 4.69) is 65.8 Å². The van der Waals surface area contributed by atoms with Gasteiger partial charge in [0.2, 0.25) is 0 Å². The van der Waals surface area contributed by atoms with Crippen LogP contribution in [0, 0.1) is 0 Å². The molecule has 1 aromatic carbocycles. The summed E-state index contributed by atoms with van der Waals surface area (Å²) in [5.74, 6) is 1.06. The fourth-order valence-corrected chi connectivity index (χ4v) is 2.03. The predicted octanol–water partition coefficient (Wildman–Crippen LogP) is 5.42. The van der Waals surface area contributed by atoms with Gasteiger partial charge < -0.3 is 4.42 Å². The van der Waals surface area contributed by atoms with Gasteiger partial charge in [-0.05, 0) is 29.5 Å². The van der Waals surface area contributed by atoms with Gasteiger partial charge in [-0.1, -0.05) is 53.7 Å². The number of benzene rings is 1. The van der Waals surface area contributed by atoms with E-state index in [0.29, 0.717) is 0 Å². The standard InChI is InChI=1S/C17H24O/c1-7-17(5,6)13-9-8-12-10-15(16(2,3)4)18-14(12)11-13/h8-11H,7H2,1-6H3. The molecule has 2 aromatic rings. The molecule has 0 spiro atoms. The Morgan fingerprint density at radius 3 is 2.22 bits per heavy atom. The summed E-state index contributed by atoms with van der Waals surface area (Å²) in [5.41, 5.74) is 2.65. The van der Waals surface area contributed by atoms with E-state index < -0.39 is 0 Å². The first kappa shape index (κ1) is 13.2. The van der Waals surface area contributed by atoms with E-state index in [1.54, 1.807) is 0 Å². The van der Waals surface area contributed by atoms with Crippen LogP contribution < -0.4 is 0 Å². The third-order valence-electron chi connectivity index (χ3n) is 3.92. The highest BCUT2D eigenvalue weighted by Gasteiger charge is 2.21. The Labute approximate surface area is 110 Å². The number of fused-ring (bicyclic) bond motifs is 1. The van der Waals surface area contributed by atoms with Crippen LogP contribution in [0.15, 0.2) is 28.7 Å². The Hall–Kier alpha value is -1.24. The molecule has 0 bridgehead atoms. The first-order chi connectivity index (χ1) is 8.24. The normalized spacial score (nSPS) is 13.2. The van der Waals surface area contributed by atoms with Crippen LogP contribution in [0.1, 0.15) is 59.3 Å². The lowest BCUT2D eigenvalue weighted by atomic mass is 9.82. The molecule has 18 heavy (non-hydrogen) atoms. The summed E-state index contributed by atoms with van der Waals surface area (Å²) in [4.78, 5) is 0. The van der Waals surface area contributed by atoms with Crippen molar-refractivity contribution in [3.05, 3.63) is 35.6 Å². The molecule has 0 amide bonds. The van der Waals surface area contributed by atoms with Crippen molar-refractivity contribution in [1.82, 2.24) is 0 Å². The van der Waals surface area contributed by atoms with Gasteiger partial charge in [0.1, 0.15) is 11.3 Å².